The Morgan fingerprint density at radius 2 is 1.47 bits per heavy atom. The molecule has 166 valence electrons. The number of fused-ring (bicyclic) bond motifs is 4. The average molecular weight is 449 g/mol. The van der Waals surface area contributed by atoms with Gasteiger partial charge in [-0.25, -0.2) is 15.0 Å². The van der Waals surface area contributed by atoms with Crippen LogP contribution >= 0.6 is 0 Å². The molecule has 0 aliphatic rings. The summed E-state index contributed by atoms with van der Waals surface area (Å²) in [5.74, 6) is 1.30. The molecule has 0 aliphatic carbocycles. The minimum Gasteiger partial charge on any atom is -0.497 e. The molecule has 0 fully saturated rings. The Morgan fingerprint density at radius 1 is 0.765 bits per heavy atom. The predicted octanol–water partition coefficient (Wildman–Crippen LogP) is 4.29. The summed E-state index contributed by atoms with van der Waals surface area (Å²) < 4.78 is 14.1. The fourth-order valence-electron chi connectivity index (χ4n) is 4.21. The molecule has 0 radical (unpaired) electrons. The van der Waals surface area contributed by atoms with Gasteiger partial charge in [0.1, 0.15) is 28.7 Å². The zero-order valence-electron chi connectivity index (χ0n) is 18.5. The minimum atomic E-state index is -0.253. The largest absolute Gasteiger partial charge is 0.497 e. The number of benzene rings is 3. The maximum Gasteiger partial charge on any atom is 0.269 e. The topological polar surface area (TPSA) is 84.1 Å². The molecule has 3 aromatic carbocycles. The summed E-state index contributed by atoms with van der Waals surface area (Å²) in [5, 5.41) is 0.387. The Hall–Kier alpha value is -4.72. The third-order valence-corrected chi connectivity index (χ3v) is 5.84. The number of hydrogen-bond acceptors (Lipinski definition) is 6. The summed E-state index contributed by atoms with van der Waals surface area (Å²) in [6.07, 6.45) is 1.52. The van der Waals surface area contributed by atoms with Gasteiger partial charge in [0.15, 0.2) is 11.3 Å². The molecule has 0 saturated carbocycles. The van der Waals surface area contributed by atoms with Crippen LogP contribution in [0.5, 0.6) is 11.5 Å². The summed E-state index contributed by atoms with van der Waals surface area (Å²) in [7, 11) is 3.19. The zero-order valence-corrected chi connectivity index (χ0v) is 18.5. The first kappa shape index (κ1) is 19.9. The third kappa shape index (κ3) is 2.92. The monoisotopic (exact) mass is 449 g/mol. The summed E-state index contributed by atoms with van der Waals surface area (Å²) >= 11 is 0. The summed E-state index contributed by atoms with van der Waals surface area (Å²) in [4.78, 5) is 28.3. The molecule has 0 spiro atoms. The van der Waals surface area contributed by atoms with E-state index in [2.05, 4.69) is 0 Å². The van der Waals surface area contributed by atoms with Crippen molar-refractivity contribution in [2.75, 3.05) is 14.2 Å². The van der Waals surface area contributed by atoms with Gasteiger partial charge in [-0.3, -0.25) is 13.9 Å². The fraction of sp³-hybridized carbons (Fsp3) is 0.0769. The van der Waals surface area contributed by atoms with E-state index in [9.17, 15) is 4.79 Å². The summed E-state index contributed by atoms with van der Waals surface area (Å²) in [5.41, 5.74) is 4.11. The van der Waals surface area contributed by atoms with E-state index in [1.54, 1.807) is 20.3 Å². The number of para-hydroxylation sites is 4. The Balaban J connectivity index is 1.75. The molecule has 0 bridgehead atoms. The van der Waals surface area contributed by atoms with E-state index >= 15 is 0 Å². The first-order valence-corrected chi connectivity index (χ1v) is 10.7. The van der Waals surface area contributed by atoms with Gasteiger partial charge in [-0.1, -0.05) is 24.3 Å². The zero-order chi connectivity index (χ0) is 23.2. The Bertz CT molecular complexity index is 1750. The highest BCUT2D eigenvalue weighted by Crippen LogP contribution is 2.30. The lowest BCUT2D eigenvalue weighted by molar-refractivity contribution is 0.412. The second-order valence-electron chi connectivity index (χ2n) is 7.71. The lowest BCUT2D eigenvalue weighted by Gasteiger charge is -2.11. The van der Waals surface area contributed by atoms with Crippen LogP contribution in [0.3, 0.4) is 0 Å². The van der Waals surface area contributed by atoms with Crippen molar-refractivity contribution in [2.24, 2.45) is 0 Å². The van der Waals surface area contributed by atoms with Crippen LogP contribution in [0.4, 0.5) is 0 Å². The molecule has 6 aromatic rings. The highest BCUT2D eigenvalue weighted by molar-refractivity contribution is 6.05. The number of methoxy groups -OCH3 is 2. The van der Waals surface area contributed by atoms with Crippen molar-refractivity contribution in [3.05, 3.63) is 89.5 Å². The second kappa shape index (κ2) is 7.70. The maximum atomic E-state index is 13.9. The van der Waals surface area contributed by atoms with E-state index in [1.807, 2.05) is 71.3 Å². The van der Waals surface area contributed by atoms with Gasteiger partial charge in [0.25, 0.3) is 5.56 Å². The van der Waals surface area contributed by atoms with Crippen LogP contribution in [0.15, 0.2) is 83.9 Å². The Labute approximate surface area is 193 Å². The number of aromatic nitrogens is 5. The molecule has 0 N–H and O–H groups in total. The van der Waals surface area contributed by atoms with Gasteiger partial charge in [0.05, 0.1) is 30.9 Å². The van der Waals surface area contributed by atoms with Crippen LogP contribution < -0.4 is 15.0 Å². The van der Waals surface area contributed by atoms with Gasteiger partial charge >= 0.3 is 0 Å². The molecule has 0 atom stereocenters. The molecular weight excluding hydrogens is 430 g/mol. The Morgan fingerprint density at radius 3 is 2.21 bits per heavy atom. The van der Waals surface area contributed by atoms with E-state index in [0.29, 0.717) is 39.2 Å². The van der Waals surface area contributed by atoms with Crippen LogP contribution in [-0.4, -0.2) is 38.3 Å². The van der Waals surface area contributed by atoms with Crippen LogP contribution in [0.2, 0.25) is 0 Å². The number of ether oxygens (including phenoxy) is 2. The Kier molecular flexibility index (Phi) is 4.51. The van der Waals surface area contributed by atoms with Gasteiger partial charge in [0, 0.05) is 5.69 Å². The lowest BCUT2D eigenvalue weighted by Crippen LogP contribution is -2.19. The summed E-state index contributed by atoms with van der Waals surface area (Å²) in [6.45, 7) is 0. The van der Waals surface area contributed by atoms with Crippen molar-refractivity contribution in [3.63, 3.8) is 0 Å². The van der Waals surface area contributed by atoms with E-state index in [4.69, 9.17) is 24.4 Å². The lowest BCUT2D eigenvalue weighted by atomic mass is 10.2. The maximum absolute atomic E-state index is 13.9. The van der Waals surface area contributed by atoms with Gasteiger partial charge in [-0.05, 0) is 48.5 Å². The second-order valence-corrected chi connectivity index (χ2v) is 7.71. The summed E-state index contributed by atoms with van der Waals surface area (Å²) in [6, 6.07) is 22.4. The van der Waals surface area contributed by atoms with Crippen LogP contribution in [0.1, 0.15) is 0 Å². The van der Waals surface area contributed by atoms with Crippen molar-refractivity contribution in [3.8, 4) is 22.9 Å². The van der Waals surface area contributed by atoms with Crippen LogP contribution in [0, 0.1) is 0 Å². The van der Waals surface area contributed by atoms with Crippen molar-refractivity contribution in [2.45, 2.75) is 0 Å². The predicted molar refractivity (Wildman–Crippen MR) is 130 cm³/mol. The van der Waals surface area contributed by atoms with E-state index in [-0.39, 0.29) is 5.56 Å². The molecule has 0 saturated heterocycles. The smallest absolute Gasteiger partial charge is 0.269 e. The standard InChI is InChI=1S/C26H19N5O3/c1-33-17-13-11-16(12-14-17)31-24-22(23-25(31)29-19-8-4-3-7-18(19)28-23)26(32)30(15-27-24)20-9-5-6-10-21(20)34-2/h3-15H,1-2H3. The molecule has 8 nitrogen and oxygen atoms in total. The first-order valence-electron chi connectivity index (χ1n) is 10.7. The van der Waals surface area contributed by atoms with Crippen molar-refractivity contribution >= 4 is 33.2 Å². The highest BCUT2D eigenvalue weighted by Gasteiger charge is 2.22. The minimum absolute atomic E-state index is 0.253. The first-order chi connectivity index (χ1) is 16.7. The molecular formula is C26H19N5O3. The van der Waals surface area contributed by atoms with Gasteiger partial charge in [-0.15, -0.1) is 0 Å². The van der Waals surface area contributed by atoms with Gasteiger partial charge < -0.3 is 9.47 Å². The van der Waals surface area contributed by atoms with Crippen LogP contribution in [-0.2, 0) is 0 Å². The normalized spacial score (nSPS) is 11.4. The van der Waals surface area contributed by atoms with E-state index < -0.39 is 0 Å². The highest BCUT2D eigenvalue weighted by atomic mass is 16.5. The van der Waals surface area contributed by atoms with Crippen molar-refractivity contribution in [1.29, 1.82) is 0 Å². The average Bonchev–Trinajstić information content (AvgIpc) is 3.21. The molecule has 0 amide bonds. The van der Waals surface area contributed by atoms with Gasteiger partial charge in [-0.2, -0.15) is 0 Å². The number of rotatable bonds is 4. The number of hydrogen-bond donors (Lipinski definition) is 0. The SMILES string of the molecule is COc1ccc(-n2c3nc4ccccc4nc3c3c(=O)n(-c4ccccc4OC)cnc32)cc1. The third-order valence-electron chi connectivity index (χ3n) is 5.84. The molecule has 0 unspecified atom stereocenters. The molecule has 3 heterocycles. The molecule has 6 rings (SSSR count). The van der Waals surface area contributed by atoms with E-state index in [0.717, 1.165) is 17.0 Å². The fourth-order valence-corrected chi connectivity index (χ4v) is 4.21. The number of nitrogens with zero attached hydrogens (tertiary/aromatic N) is 5. The molecule has 3 aromatic heterocycles. The van der Waals surface area contributed by atoms with Crippen molar-refractivity contribution < 1.29 is 9.47 Å². The molecule has 34 heavy (non-hydrogen) atoms. The molecule has 0 aliphatic heterocycles. The van der Waals surface area contributed by atoms with Gasteiger partial charge in [0.2, 0.25) is 0 Å². The van der Waals surface area contributed by atoms with E-state index in [1.165, 1.54) is 10.9 Å². The molecule has 8 heteroatoms. The quantitative estimate of drug-likeness (QED) is 0.399. The van der Waals surface area contributed by atoms with Crippen molar-refractivity contribution in [1.82, 2.24) is 24.1 Å². The van der Waals surface area contributed by atoms with Crippen LogP contribution in [0.25, 0.3) is 44.6 Å².